The van der Waals surface area contributed by atoms with Gasteiger partial charge >= 0.3 is 0 Å². The standard InChI is InChI=1S/C12H15ClN4O/c1-14-5-9-3-4-10(6-15-9)18-8-12-16-7-11(13)17(12)2/h3-4,6-7,14H,5,8H2,1-2H3. The van der Waals surface area contributed by atoms with Gasteiger partial charge in [0.2, 0.25) is 0 Å². The molecule has 0 aromatic carbocycles. The van der Waals surface area contributed by atoms with Gasteiger partial charge in [0.25, 0.3) is 0 Å². The van der Waals surface area contributed by atoms with E-state index in [1.54, 1.807) is 17.0 Å². The average Bonchev–Trinajstić information content (AvgIpc) is 2.70. The second-order valence-corrected chi connectivity index (χ2v) is 4.25. The van der Waals surface area contributed by atoms with Gasteiger partial charge in [-0.1, -0.05) is 11.6 Å². The van der Waals surface area contributed by atoms with Crippen molar-refractivity contribution in [2.45, 2.75) is 13.2 Å². The third kappa shape index (κ3) is 3.00. The molecule has 6 heteroatoms. The van der Waals surface area contributed by atoms with Crippen LogP contribution in [0.25, 0.3) is 0 Å². The number of imidazole rings is 1. The molecule has 2 heterocycles. The maximum atomic E-state index is 5.89. The van der Waals surface area contributed by atoms with Gasteiger partial charge in [0.05, 0.1) is 18.1 Å². The van der Waals surface area contributed by atoms with E-state index >= 15 is 0 Å². The van der Waals surface area contributed by atoms with Crippen molar-refractivity contribution in [1.82, 2.24) is 19.9 Å². The highest BCUT2D eigenvalue weighted by Crippen LogP contribution is 2.13. The number of rotatable bonds is 5. The van der Waals surface area contributed by atoms with E-state index in [1.165, 1.54) is 0 Å². The molecule has 0 amide bonds. The van der Waals surface area contributed by atoms with E-state index < -0.39 is 0 Å². The Morgan fingerprint density at radius 2 is 2.17 bits per heavy atom. The second kappa shape index (κ2) is 5.84. The van der Waals surface area contributed by atoms with E-state index in [4.69, 9.17) is 16.3 Å². The highest BCUT2D eigenvalue weighted by molar-refractivity contribution is 6.29. The maximum absolute atomic E-state index is 5.89. The van der Waals surface area contributed by atoms with Gasteiger partial charge in [-0.2, -0.15) is 0 Å². The van der Waals surface area contributed by atoms with Gasteiger partial charge in [0, 0.05) is 13.6 Å². The minimum atomic E-state index is 0.371. The number of pyridine rings is 1. The van der Waals surface area contributed by atoms with Crippen LogP contribution in [0.4, 0.5) is 0 Å². The third-order valence-electron chi connectivity index (χ3n) is 2.55. The zero-order valence-electron chi connectivity index (χ0n) is 10.4. The van der Waals surface area contributed by atoms with E-state index in [-0.39, 0.29) is 0 Å². The summed E-state index contributed by atoms with van der Waals surface area (Å²) in [6, 6.07) is 3.82. The van der Waals surface area contributed by atoms with Gasteiger partial charge in [0.15, 0.2) is 0 Å². The molecule has 0 saturated carbocycles. The van der Waals surface area contributed by atoms with Crippen LogP contribution >= 0.6 is 11.6 Å². The number of hydrogen-bond donors (Lipinski definition) is 1. The molecule has 2 aromatic heterocycles. The minimum Gasteiger partial charge on any atom is -0.484 e. The van der Waals surface area contributed by atoms with Crippen LogP contribution in [-0.2, 0) is 20.2 Å². The van der Waals surface area contributed by atoms with Gasteiger partial charge in [0.1, 0.15) is 23.3 Å². The van der Waals surface area contributed by atoms with Crippen LogP contribution < -0.4 is 10.1 Å². The maximum Gasteiger partial charge on any atom is 0.147 e. The molecule has 0 atom stereocenters. The normalized spacial score (nSPS) is 10.6. The number of nitrogens with one attached hydrogen (secondary N) is 1. The Kier molecular flexibility index (Phi) is 4.17. The highest BCUT2D eigenvalue weighted by Gasteiger charge is 2.05. The van der Waals surface area contributed by atoms with Crippen LogP contribution in [0.1, 0.15) is 11.5 Å². The van der Waals surface area contributed by atoms with Crippen molar-refractivity contribution in [2.75, 3.05) is 7.05 Å². The fourth-order valence-electron chi connectivity index (χ4n) is 1.49. The predicted molar refractivity (Wildman–Crippen MR) is 69.6 cm³/mol. The molecule has 0 bridgehead atoms. The monoisotopic (exact) mass is 266 g/mol. The minimum absolute atomic E-state index is 0.371. The van der Waals surface area contributed by atoms with Crippen molar-refractivity contribution in [3.63, 3.8) is 0 Å². The summed E-state index contributed by atoms with van der Waals surface area (Å²) in [6.45, 7) is 1.12. The average molecular weight is 267 g/mol. The van der Waals surface area contributed by atoms with Crippen LogP contribution in [0.3, 0.4) is 0 Å². The molecular weight excluding hydrogens is 252 g/mol. The van der Waals surface area contributed by atoms with Crippen molar-refractivity contribution in [1.29, 1.82) is 0 Å². The Morgan fingerprint density at radius 1 is 1.33 bits per heavy atom. The zero-order valence-corrected chi connectivity index (χ0v) is 11.1. The number of halogens is 1. The SMILES string of the molecule is CNCc1ccc(OCc2ncc(Cl)n2C)cn1. The molecule has 0 fully saturated rings. The molecule has 0 aliphatic carbocycles. The molecule has 2 aromatic rings. The van der Waals surface area contributed by atoms with Gasteiger partial charge < -0.3 is 14.6 Å². The lowest BCUT2D eigenvalue weighted by atomic mass is 10.3. The lowest BCUT2D eigenvalue weighted by Gasteiger charge is -2.07. The van der Waals surface area contributed by atoms with E-state index in [9.17, 15) is 0 Å². The van der Waals surface area contributed by atoms with Crippen LogP contribution in [-0.4, -0.2) is 21.6 Å². The van der Waals surface area contributed by atoms with Gasteiger partial charge in [-0.15, -0.1) is 0 Å². The van der Waals surface area contributed by atoms with Gasteiger partial charge in [-0.3, -0.25) is 4.98 Å². The molecule has 0 radical (unpaired) electrons. The molecule has 2 rings (SSSR count). The lowest BCUT2D eigenvalue weighted by Crippen LogP contribution is -2.07. The quantitative estimate of drug-likeness (QED) is 0.896. The largest absolute Gasteiger partial charge is 0.484 e. The van der Waals surface area contributed by atoms with Crippen LogP contribution in [0.5, 0.6) is 5.75 Å². The summed E-state index contributed by atoms with van der Waals surface area (Å²) in [5, 5.41) is 3.63. The first-order valence-corrected chi connectivity index (χ1v) is 5.97. The fourth-order valence-corrected chi connectivity index (χ4v) is 1.63. The van der Waals surface area contributed by atoms with Crippen LogP contribution in [0.15, 0.2) is 24.5 Å². The van der Waals surface area contributed by atoms with Gasteiger partial charge in [-0.25, -0.2) is 4.98 Å². The van der Waals surface area contributed by atoms with Crippen molar-refractivity contribution < 1.29 is 4.74 Å². The molecule has 0 aliphatic rings. The first kappa shape index (κ1) is 12.9. The van der Waals surface area contributed by atoms with E-state index in [0.29, 0.717) is 17.5 Å². The topological polar surface area (TPSA) is 52.0 Å². The lowest BCUT2D eigenvalue weighted by molar-refractivity contribution is 0.290. The summed E-state index contributed by atoms with van der Waals surface area (Å²) in [5.74, 6) is 1.49. The number of nitrogens with zero attached hydrogens (tertiary/aromatic N) is 3. The fraction of sp³-hybridized carbons (Fsp3) is 0.333. The van der Waals surface area contributed by atoms with Crippen LogP contribution in [0.2, 0.25) is 5.15 Å². The first-order valence-electron chi connectivity index (χ1n) is 5.59. The smallest absolute Gasteiger partial charge is 0.147 e. The summed E-state index contributed by atoms with van der Waals surface area (Å²) in [5.41, 5.74) is 0.977. The summed E-state index contributed by atoms with van der Waals surface area (Å²) in [4.78, 5) is 8.42. The first-order chi connectivity index (χ1) is 8.70. The molecule has 5 nitrogen and oxygen atoms in total. The van der Waals surface area contributed by atoms with Crippen molar-refractivity contribution in [2.24, 2.45) is 7.05 Å². The molecular formula is C12H15ClN4O. The molecule has 0 unspecified atom stereocenters. The zero-order chi connectivity index (χ0) is 13.0. The molecule has 0 aliphatic heterocycles. The van der Waals surface area contributed by atoms with E-state index in [0.717, 1.165) is 18.1 Å². The summed E-state index contributed by atoms with van der Waals surface area (Å²) in [6.07, 6.45) is 3.31. The Morgan fingerprint density at radius 3 is 2.72 bits per heavy atom. The number of aromatic nitrogens is 3. The molecule has 0 spiro atoms. The van der Waals surface area contributed by atoms with Crippen molar-refractivity contribution >= 4 is 11.6 Å². The predicted octanol–water partition coefficient (Wildman–Crippen LogP) is 1.77. The summed E-state index contributed by atoms with van der Waals surface area (Å²) >= 11 is 5.89. The van der Waals surface area contributed by atoms with E-state index in [2.05, 4.69) is 15.3 Å². The molecule has 1 N–H and O–H groups in total. The highest BCUT2D eigenvalue weighted by atomic mass is 35.5. The number of hydrogen-bond acceptors (Lipinski definition) is 4. The number of ether oxygens (including phenoxy) is 1. The van der Waals surface area contributed by atoms with E-state index in [1.807, 2.05) is 26.2 Å². The Labute approximate surface area is 111 Å². The van der Waals surface area contributed by atoms with Crippen LogP contribution in [0, 0.1) is 0 Å². The summed E-state index contributed by atoms with van der Waals surface area (Å²) in [7, 11) is 3.74. The Hall–Kier alpha value is -1.59. The summed E-state index contributed by atoms with van der Waals surface area (Å²) < 4.78 is 7.38. The van der Waals surface area contributed by atoms with Crippen molar-refractivity contribution in [3.05, 3.63) is 41.2 Å². The van der Waals surface area contributed by atoms with Gasteiger partial charge in [-0.05, 0) is 19.2 Å². The molecule has 0 saturated heterocycles. The Balaban J connectivity index is 1.96. The molecule has 96 valence electrons. The third-order valence-corrected chi connectivity index (χ3v) is 2.90. The molecule has 18 heavy (non-hydrogen) atoms. The second-order valence-electron chi connectivity index (χ2n) is 3.86. The Bertz CT molecular complexity index is 509. The van der Waals surface area contributed by atoms with Crippen molar-refractivity contribution in [3.8, 4) is 5.75 Å².